The zero-order valence-corrected chi connectivity index (χ0v) is 12.4. The Balaban J connectivity index is 1.71. The van der Waals surface area contributed by atoms with Crippen molar-refractivity contribution in [3.63, 3.8) is 0 Å². The Morgan fingerprint density at radius 2 is 1.90 bits per heavy atom. The molecule has 1 heterocycles. The number of nitrogens with one attached hydrogen (secondary N) is 2. The monoisotopic (exact) mass is 276 g/mol. The highest BCUT2D eigenvalue weighted by Crippen LogP contribution is 2.28. The molecular formula is C16H24N2O2. The Kier molecular flexibility index (Phi) is 5.15. The second-order valence-corrected chi connectivity index (χ2v) is 5.94. The average molecular weight is 276 g/mol. The third kappa shape index (κ3) is 4.62. The molecule has 0 bridgehead atoms. The van der Waals surface area contributed by atoms with Gasteiger partial charge in [-0.2, -0.15) is 0 Å². The predicted molar refractivity (Wildman–Crippen MR) is 80.8 cm³/mol. The number of carbonyl (C=O) groups excluding carboxylic acids is 1. The summed E-state index contributed by atoms with van der Waals surface area (Å²) in [7, 11) is 0. The molecule has 2 N–H and O–H groups in total. The summed E-state index contributed by atoms with van der Waals surface area (Å²) in [6.45, 7) is 7.14. The van der Waals surface area contributed by atoms with E-state index in [-0.39, 0.29) is 11.3 Å². The molecule has 0 radical (unpaired) electrons. The second-order valence-electron chi connectivity index (χ2n) is 5.94. The lowest BCUT2D eigenvalue weighted by Crippen LogP contribution is -2.39. The summed E-state index contributed by atoms with van der Waals surface area (Å²) in [5.41, 5.74) is 2.29. The van der Waals surface area contributed by atoms with Gasteiger partial charge in [0.25, 0.3) is 0 Å². The maximum absolute atomic E-state index is 11.8. The molecule has 1 aromatic carbocycles. The molecule has 20 heavy (non-hydrogen) atoms. The summed E-state index contributed by atoms with van der Waals surface area (Å²) in [6.07, 6.45) is 2.11. The van der Waals surface area contributed by atoms with Crippen LogP contribution in [0.15, 0.2) is 24.3 Å². The van der Waals surface area contributed by atoms with E-state index in [1.54, 1.807) is 0 Å². The van der Waals surface area contributed by atoms with Crippen LogP contribution >= 0.6 is 0 Å². The minimum absolute atomic E-state index is 0.00418. The highest BCUT2D eigenvalue weighted by molar-refractivity contribution is 5.92. The molecule has 0 aromatic heterocycles. The number of aryl methyl sites for hydroxylation is 1. The molecule has 1 aliphatic rings. The number of benzene rings is 1. The zero-order valence-electron chi connectivity index (χ0n) is 12.4. The fourth-order valence-corrected chi connectivity index (χ4v) is 2.36. The van der Waals surface area contributed by atoms with Crippen LogP contribution < -0.4 is 10.6 Å². The van der Waals surface area contributed by atoms with Crippen LogP contribution in [0.5, 0.6) is 0 Å². The molecule has 0 spiro atoms. The molecule has 1 fully saturated rings. The van der Waals surface area contributed by atoms with Gasteiger partial charge >= 0.3 is 0 Å². The Hall–Kier alpha value is -1.39. The van der Waals surface area contributed by atoms with Crippen molar-refractivity contribution in [1.82, 2.24) is 5.32 Å². The third-order valence-electron chi connectivity index (χ3n) is 3.87. The number of carbonyl (C=O) groups is 1. The van der Waals surface area contributed by atoms with E-state index in [0.29, 0.717) is 6.54 Å². The molecule has 0 saturated carbocycles. The van der Waals surface area contributed by atoms with Crippen molar-refractivity contribution in [2.24, 2.45) is 5.41 Å². The number of hydrogen-bond donors (Lipinski definition) is 2. The van der Waals surface area contributed by atoms with E-state index in [1.165, 1.54) is 5.56 Å². The number of rotatable bonds is 5. The van der Waals surface area contributed by atoms with Gasteiger partial charge in [-0.25, -0.2) is 0 Å². The van der Waals surface area contributed by atoms with Gasteiger partial charge in [0, 0.05) is 25.4 Å². The van der Waals surface area contributed by atoms with Crippen LogP contribution in [0.1, 0.15) is 25.3 Å². The van der Waals surface area contributed by atoms with Gasteiger partial charge in [-0.3, -0.25) is 4.79 Å². The Morgan fingerprint density at radius 1 is 1.25 bits per heavy atom. The van der Waals surface area contributed by atoms with Crippen molar-refractivity contribution in [1.29, 1.82) is 0 Å². The molecule has 4 heteroatoms. The van der Waals surface area contributed by atoms with Gasteiger partial charge in [0.05, 0.1) is 6.54 Å². The molecule has 110 valence electrons. The van der Waals surface area contributed by atoms with Gasteiger partial charge in [0.15, 0.2) is 0 Å². The minimum Gasteiger partial charge on any atom is -0.381 e. The molecule has 1 aromatic rings. The molecule has 1 amide bonds. The third-order valence-corrected chi connectivity index (χ3v) is 3.87. The SMILES string of the molecule is Cc1ccc(NC(=O)CNCC2(C)CCOCC2)cc1. The normalized spacial score (nSPS) is 17.7. The molecule has 2 rings (SSSR count). The smallest absolute Gasteiger partial charge is 0.238 e. The van der Waals surface area contributed by atoms with Crippen molar-refractivity contribution in [2.45, 2.75) is 26.7 Å². The van der Waals surface area contributed by atoms with E-state index in [4.69, 9.17) is 4.74 Å². The summed E-state index contributed by atoms with van der Waals surface area (Å²) < 4.78 is 5.37. The Bertz CT molecular complexity index is 436. The van der Waals surface area contributed by atoms with Crippen molar-refractivity contribution in [2.75, 3.05) is 31.6 Å². The topological polar surface area (TPSA) is 50.4 Å². The van der Waals surface area contributed by atoms with Crippen LogP contribution in [0, 0.1) is 12.3 Å². The highest BCUT2D eigenvalue weighted by atomic mass is 16.5. The lowest BCUT2D eigenvalue weighted by atomic mass is 9.82. The van der Waals surface area contributed by atoms with Gasteiger partial charge in [-0.1, -0.05) is 24.6 Å². The first-order chi connectivity index (χ1) is 9.57. The van der Waals surface area contributed by atoms with Crippen molar-refractivity contribution in [3.05, 3.63) is 29.8 Å². The first-order valence-electron chi connectivity index (χ1n) is 7.22. The van der Waals surface area contributed by atoms with E-state index in [0.717, 1.165) is 38.3 Å². The van der Waals surface area contributed by atoms with E-state index in [2.05, 4.69) is 17.6 Å². The number of anilines is 1. The second kappa shape index (κ2) is 6.86. The van der Waals surface area contributed by atoms with Gasteiger partial charge < -0.3 is 15.4 Å². The largest absolute Gasteiger partial charge is 0.381 e. The fraction of sp³-hybridized carbons (Fsp3) is 0.562. The minimum atomic E-state index is 0.00418. The first kappa shape index (κ1) is 15.0. The molecule has 1 saturated heterocycles. The summed E-state index contributed by atoms with van der Waals surface area (Å²) in [6, 6.07) is 7.83. The fourth-order valence-electron chi connectivity index (χ4n) is 2.36. The number of amides is 1. The summed E-state index contributed by atoms with van der Waals surface area (Å²) in [5.74, 6) is 0.00418. The predicted octanol–water partition coefficient (Wildman–Crippen LogP) is 2.34. The van der Waals surface area contributed by atoms with Gasteiger partial charge in [0.2, 0.25) is 5.91 Å². The van der Waals surface area contributed by atoms with Crippen molar-refractivity contribution >= 4 is 11.6 Å². The number of ether oxygens (including phenoxy) is 1. The van der Waals surface area contributed by atoms with Crippen molar-refractivity contribution in [3.8, 4) is 0 Å². The van der Waals surface area contributed by atoms with Crippen LogP contribution in [0.3, 0.4) is 0 Å². The van der Waals surface area contributed by atoms with Gasteiger partial charge in [-0.15, -0.1) is 0 Å². The average Bonchev–Trinajstić information content (AvgIpc) is 2.42. The summed E-state index contributed by atoms with van der Waals surface area (Å²) in [5, 5.41) is 6.15. The molecule has 4 nitrogen and oxygen atoms in total. The van der Waals surface area contributed by atoms with Crippen LogP contribution in [-0.4, -0.2) is 32.2 Å². The van der Waals surface area contributed by atoms with E-state index in [9.17, 15) is 4.79 Å². The molecule has 0 aliphatic carbocycles. The van der Waals surface area contributed by atoms with Crippen LogP contribution in [0.4, 0.5) is 5.69 Å². The Morgan fingerprint density at radius 3 is 2.55 bits per heavy atom. The summed E-state index contributed by atoms with van der Waals surface area (Å²) in [4.78, 5) is 11.8. The quantitative estimate of drug-likeness (QED) is 0.868. The maximum atomic E-state index is 11.8. The molecule has 0 atom stereocenters. The summed E-state index contributed by atoms with van der Waals surface area (Å²) >= 11 is 0. The molecule has 1 aliphatic heterocycles. The van der Waals surface area contributed by atoms with Gasteiger partial charge in [0.1, 0.15) is 0 Å². The standard InChI is InChI=1S/C16H24N2O2/c1-13-3-5-14(6-4-13)18-15(19)11-17-12-16(2)7-9-20-10-8-16/h3-6,17H,7-12H2,1-2H3,(H,18,19). The van der Waals surface area contributed by atoms with E-state index < -0.39 is 0 Å². The zero-order chi connectivity index (χ0) is 14.4. The van der Waals surface area contributed by atoms with Crippen LogP contribution in [0.25, 0.3) is 0 Å². The maximum Gasteiger partial charge on any atom is 0.238 e. The Labute approximate surface area is 120 Å². The lowest BCUT2D eigenvalue weighted by molar-refractivity contribution is -0.115. The van der Waals surface area contributed by atoms with Crippen LogP contribution in [0.2, 0.25) is 0 Å². The lowest BCUT2D eigenvalue weighted by Gasteiger charge is -2.33. The van der Waals surface area contributed by atoms with E-state index in [1.807, 2.05) is 31.2 Å². The first-order valence-corrected chi connectivity index (χ1v) is 7.22. The molecule has 0 unspecified atom stereocenters. The highest BCUT2D eigenvalue weighted by Gasteiger charge is 2.26. The van der Waals surface area contributed by atoms with Gasteiger partial charge in [-0.05, 0) is 37.3 Å². The van der Waals surface area contributed by atoms with Crippen molar-refractivity contribution < 1.29 is 9.53 Å². The molecular weight excluding hydrogens is 252 g/mol. The number of hydrogen-bond acceptors (Lipinski definition) is 3. The van der Waals surface area contributed by atoms with E-state index >= 15 is 0 Å². The van der Waals surface area contributed by atoms with Crippen LogP contribution in [-0.2, 0) is 9.53 Å².